The Kier molecular flexibility index (Phi) is 8.01. The minimum atomic E-state index is 0.203. The molecule has 0 fully saturated rings. The van der Waals surface area contributed by atoms with Gasteiger partial charge in [-0.2, -0.15) is 0 Å². The first-order chi connectivity index (χ1) is 7.19. The van der Waals surface area contributed by atoms with Crippen molar-refractivity contribution < 1.29 is 4.79 Å². The number of hydrogen-bond acceptors (Lipinski definition) is 2. The van der Waals surface area contributed by atoms with Crippen LogP contribution >= 0.6 is 0 Å². The lowest BCUT2D eigenvalue weighted by molar-refractivity contribution is -0.131. The van der Waals surface area contributed by atoms with Crippen molar-refractivity contribution in [3.05, 3.63) is 12.7 Å². The summed E-state index contributed by atoms with van der Waals surface area (Å²) in [6.45, 7) is 9.86. The van der Waals surface area contributed by atoms with Crippen molar-refractivity contribution in [2.45, 2.75) is 33.1 Å². The minimum absolute atomic E-state index is 0.203. The smallest absolute Gasteiger partial charge is 0.223 e. The van der Waals surface area contributed by atoms with Crippen LogP contribution in [0.5, 0.6) is 0 Å². The molecular formula is C12H24N2O. The highest BCUT2D eigenvalue weighted by Crippen LogP contribution is 2.09. The Hall–Kier alpha value is -0.830. The van der Waals surface area contributed by atoms with Crippen molar-refractivity contribution in [3.63, 3.8) is 0 Å². The summed E-state index contributed by atoms with van der Waals surface area (Å²) in [6.07, 6.45) is 4.30. The highest BCUT2D eigenvalue weighted by Gasteiger charge is 2.15. The van der Waals surface area contributed by atoms with Gasteiger partial charge >= 0.3 is 0 Å². The van der Waals surface area contributed by atoms with Gasteiger partial charge in [0.05, 0.1) is 0 Å². The molecular weight excluding hydrogens is 188 g/mol. The van der Waals surface area contributed by atoms with Crippen molar-refractivity contribution in [2.75, 3.05) is 19.6 Å². The highest BCUT2D eigenvalue weighted by molar-refractivity contribution is 5.76. The van der Waals surface area contributed by atoms with E-state index in [1.807, 2.05) is 4.90 Å². The van der Waals surface area contributed by atoms with E-state index >= 15 is 0 Å². The van der Waals surface area contributed by atoms with Gasteiger partial charge in [-0.3, -0.25) is 4.79 Å². The van der Waals surface area contributed by atoms with Crippen LogP contribution in [0.25, 0.3) is 0 Å². The zero-order valence-electron chi connectivity index (χ0n) is 10.0. The lowest BCUT2D eigenvalue weighted by atomic mass is 10.0. The average molecular weight is 212 g/mol. The first-order valence-corrected chi connectivity index (χ1v) is 5.78. The molecule has 0 aliphatic rings. The molecule has 0 heterocycles. The number of rotatable bonds is 8. The van der Waals surface area contributed by atoms with Gasteiger partial charge in [-0.05, 0) is 18.9 Å². The molecule has 0 saturated heterocycles. The molecule has 15 heavy (non-hydrogen) atoms. The number of carbonyl (C=O) groups excluding carboxylic acids is 1. The molecule has 3 heteroatoms. The molecule has 0 rings (SSSR count). The van der Waals surface area contributed by atoms with Crippen LogP contribution in [0.2, 0.25) is 0 Å². The second-order valence-electron chi connectivity index (χ2n) is 3.84. The summed E-state index contributed by atoms with van der Waals surface area (Å²) >= 11 is 0. The second kappa shape index (κ2) is 8.48. The number of nitrogens with two attached hydrogens (primary N) is 1. The van der Waals surface area contributed by atoms with Gasteiger partial charge in [0.2, 0.25) is 5.91 Å². The Labute approximate surface area is 93.3 Å². The minimum Gasteiger partial charge on any atom is -0.339 e. The molecule has 0 aliphatic heterocycles. The van der Waals surface area contributed by atoms with Crippen LogP contribution in [0, 0.1) is 5.92 Å². The zero-order chi connectivity index (χ0) is 11.7. The quantitative estimate of drug-likeness (QED) is 0.623. The van der Waals surface area contributed by atoms with Gasteiger partial charge in [0.15, 0.2) is 0 Å². The molecule has 3 nitrogen and oxygen atoms in total. The van der Waals surface area contributed by atoms with Gasteiger partial charge in [0.1, 0.15) is 0 Å². The Bertz CT molecular complexity index is 188. The number of carbonyl (C=O) groups is 1. The molecule has 88 valence electrons. The van der Waals surface area contributed by atoms with E-state index in [-0.39, 0.29) is 5.91 Å². The summed E-state index contributed by atoms with van der Waals surface area (Å²) in [7, 11) is 0. The van der Waals surface area contributed by atoms with Crippen LogP contribution < -0.4 is 5.73 Å². The molecule has 0 radical (unpaired) electrons. The summed E-state index contributed by atoms with van der Waals surface area (Å²) in [5.41, 5.74) is 5.59. The van der Waals surface area contributed by atoms with Crippen molar-refractivity contribution in [1.82, 2.24) is 4.90 Å². The van der Waals surface area contributed by atoms with Gasteiger partial charge in [-0.15, -0.1) is 6.58 Å². The Morgan fingerprint density at radius 1 is 1.53 bits per heavy atom. The van der Waals surface area contributed by atoms with Crippen LogP contribution in [0.4, 0.5) is 0 Å². The van der Waals surface area contributed by atoms with Crippen LogP contribution in [-0.2, 0) is 4.79 Å². The normalized spacial score (nSPS) is 12.2. The molecule has 1 amide bonds. The highest BCUT2D eigenvalue weighted by atomic mass is 16.2. The second-order valence-corrected chi connectivity index (χ2v) is 3.84. The third-order valence-electron chi connectivity index (χ3n) is 2.57. The maximum atomic E-state index is 11.9. The van der Waals surface area contributed by atoms with Gasteiger partial charge in [-0.1, -0.05) is 26.3 Å². The summed E-state index contributed by atoms with van der Waals surface area (Å²) in [4.78, 5) is 13.7. The zero-order valence-corrected chi connectivity index (χ0v) is 10.0. The molecule has 0 spiro atoms. The van der Waals surface area contributed by atoms with E-state index in [1.54, 1.807) is 6.08 Å². The first-order valence-electron chi connectivity index (χ1n) is 5.78. The Morgan fingerprint density at radius 2 is 2.20 bits per heavy atom. The van der Waals surface area contributed by atoms with Crippen molar-refractivity contribution >= 4 is 5.91 Å². The first kappa shape index (κ1) is 14.2. The third-order valence-corrected chi connectivity index (χ3v) is 2.57. The molecule has 0 aromatic carbocycles. The summed E-state index contributed by atoms with van der Waals surface area (Å²) in [5, 5.41) is 0. The predicted molar refractivity (Wildman–Crippen MR) is 64.5 cm³/mol. The van der Waals surface area contributed by atoms with E-state index in [2.05, 4.69) is 20.4 Å². The Balaban J connectivity index is 4.16. The van der Waals surface area contributed by atoms with E-state index in [0.717, 1.165) is 19.4 Å². The van der Waals surface area contributed by atoms with Gasteiger partial charge < -0.3 is 10.6 Å². The van der Waals surface area contributed by atoms with Crippen molar-refractivity contribution in [2.24, 2.45) is 11.7 Å². The third kappa shape index (κ3) is 5.57. The van der Waals surface area contributed by atoms with Gasteiger partial charge in [0.25, 0.3) is 0 Å². The Morgan fingerprint density at radius 3 is 2.60 bits per heavy atom. The number of nitrogens with zero attached hydrogens (tertiary/aromatic N) is 1. The molecule has 1 atom stereocenters. The van der Waals surface area contributed by atoms with Gasteiger partial charge in [0, 0.05) is 19.5 Å². The van der Waals surface area contributed by atoms with Crippen LogP contribution in [-0.4, -0.2) is 30.4 Å². The fraction of sp³-hybridized carbons (Fsp3) is 0.750. The molecule has 0 aromatic rings. The average Bonchev–Trinajstić information content (AvgIpc) is 2.25. The van der Waals surface area contributed by atoms with Crippen LogP contribution in [0.15, 0.2) is 12.7 Å². The fourth-order valence-corrected chi connectivity index (χ4v) is 1.51. The maximum Gasteiger partial charge on any atom is 0.223 e. The maximum absolute atomic E-state index is 11.9. The van der Waals surface area contributed by atoms with Crippen LogP contribution in [0.1, 0.15) is 33.1 Å². The molecule has 0 bridgehead atoms. The molecule has 0 aliphatic carbocycles. The number of amides is 1. The van der Waals surface area contributed by atoms with Crippen molar-refractivity contribution in [1.29, 1.82) is 0 Å². The monoisotopic (exact) mass is 212 g/mol. The lowest BCUT2D eigenvalue weighted by Crippen LogP contribution is -2.34. The summed E-state index contributed by atoms with van der Waals surface area (Å²) < 4.78 is 0. The van der Waals surface area contributed by atoms with E-state index in [0.29, 0.717) is 25.4 Å². The van der Waals surface area contributed by atoms with Gasteiger partial charge in [-0.25, -0.2) is 0 Å². The molecule has 2 N–H and O–H groups in total. The predicted octanol–water partition coefficient (Wildman–Crippen LogP) is 1.79. The van der Waals surface area contributed by atoms with E-state index < -0.39 is 0 Å². The lowest BCUT2D eigenvalue weighted by Gasteiger charge is -2.22. The topological polar surface area (TPSA) is 46.3 Å². The SMILES string of the molecule is C=CCN(CCC)C(=O)CC(CC)CN. The number of hydrogen-bond donors (Lipinski definition) is 1. The molecule has 0 saturated carbocycles. The fourth-order valence-electron chi connectivity index (χ4n) is 1.51. The summed E-state index contributed by atoms with van der Waals surface area (Å²) in [6, 6.07) is 0. The molecule has 1 unspecified atom stereocenters. The largest absolute Gasteiger partial charge is 0.339 e. The summed E-state index contributed by atoms with van der Waals surface area (Å²) in [5.74, 6) is 0.524. The van der Waals surface area contributed by atoms with Crippen molar-refractivity contribution in [3.8, 4) is 0 Å². The standard InChI is InChI=1S/C12H24N2O/c1-4-7-14(8-5-2)12(15)9-11(6-3)10-13/h4,11H,1,5-10,13H2,2-3H3. The molecule has 0 aromatic heterocycles. The van der Waals surface area contributed by atoms with E-state index in [9.17, 15) is 4.79 Å². The van der Waals surface area contributed by atoms with Crippen LogP contribution in [0.3, 0.4) is 0 Å². The van der Waals surface area contributed by atoms with E-state index in [1.165, 1.54) is 0 Å². The van der Waals surface area contributed by atoms with E-state index in [4.69, 9.17) is 5.73 Å².